The van der Waals surface area contributed by atoms with Crippen LogP contribution in [-0.2, 0) is 11.2 Å². The van der Waals surface area contributed by atoms with Crippen molar-refractivity contribution >= 4 is 46.4 Å². The maximum absolute atomic E-state index is 11.5. The Morgan fingerprint density at radius 1 is 1.03 bits per heavy atom. The summed E-state index contributed by atoms with van der Waals surface area (Å²) in [6.45, 7) is 3.89. The van der Waals surface area contributed by atoms with Crippen molar-refractivity contribution in [3.05, 3.63) is 57.9 Å². The lowest BCUT2D eigenvalue weighted by Crippen LogP contribution is -2.09. The molecule has 156 valence electrons. The summed E-state index contributed by atoms with van der Waals surface area (Å²) in [5.74, 6) is -1.51. The molecule has 0 aliphatic rings. The number of carbonyl (C=O) groups excluding carboxylic acids is 1. The highest BCUT2D eigenvalue weighted by atomic mass is 35.5. The van der Waals surface area contributed by atoms with E-state index in [2.05, 4.69) is 20.2 Å². The van der Waals surface area contributed by atoms with Crippen LogP contribution in [0.4, 0.5) is 0 Å². The van der Waals surface area contributed by atoms with E-state index >= 15 is 0 Å². The molecule has 4 heterocycles. The van der Waals surface area contributed by atoms with Crippen LogP contribution < -0.4 is 0 Å². The monoisotopic (exact) mass is 450 g/mol. The second-order valence-electron chi connectivity index (χ2n) is 5.78. The molecule has 4 aromatic rings. The van der Waals surface area contributed by atoms with Gasteiger partial charge in [-0.1, -0.05) is 30.1 Å². The van der Waals surface area contributed by atoms with Gasteiger partial charge < -0.3 is 9.84 Å². The zero-order valence-electron chi connectivity index (χ0n) is 15.9. The Morgan fingerprint density at radius 3 is 2.27 bits per heavy atom. The number of ether oxygens (including phenoxy) is 1. The molecule has 0 aliphatic heterocycles. The number of halogens is 2. The van der Waals surface area contributed by atoms with Gasteiger partial charge in [-0.25, -0.2) is 28.6 Å². The normalized spacial score (nSPS) is 10.7. The van der Waals surface area contributed by atoms with Crippen molar-refractivity contribution in [2.75, 3.05) is 6.61 Å². The van der Waals surface area contributed by atoms with Crippen LogP contribution in [0.3, 0.4) is 0 Å². The molecule has 0 saturated carbocycles. The number of carboxylic acid groups (broad SMARTS) is 1. The van der Waals surface area contributed by atoms with Crippen LogP contribution in [-0.4, -0.2) is 52.8 Å². The number of aryl methyl sites for hydroxylation is 1. The third-order valence-electron chi connectivity index (χ3n) is 3.87. The molecule has 10 nitrogen and oxygen atoms in total. The molecule has 0 unspecified atom stereocenters. The number of hydrogen-bond acceptors (Lipinski definition) is 7. The highest BCUT2D eigenvalue weighted by Crippen LogP contribution is 2.14. The standard InChI is InChI=1S/2C9H8ClN3O2/c1-2-15-9(14)6-5-11-8-4-3-7(10)12-13(6)8;1-2-5-8(9(14)15)13-7(11-5)4-3-6(10)12-13/h3-5H,2H2,1H3;3-4H,2H2,1H3,(H,14,15). The fraction of sp³-hybridized carbons (Fsp3) is 0.222. The zero-order valence-corrected chi connectivity index (χ0v) is 17.4. The number of carbonyl (C=O) groups is 2. The van der Waals surface area contributed by atoms with E-state index in [0.29, 0.717) is 35.2 Å². The van der Waals surface area contributed by atoms with Gasteiger partial charge in [-0.2, -0.15) is 10.2 Å². The molecule has 0 saturated heterocycles. The number of imidazole rings is 2. The number of rotatable bonds is 4. The van der Waals surface area contributed by atoms with E-state index in [1.165, 1.54) is 15.2 Å². The first kappa shape index (κ1) is 21.5. The number of esters is 1. The molecule has 0 aromatic carbocycles. The minimum atomic E-state index is -1.05. The van der Waals surface area contributed by atoms with Crippen LogP contribution in [0.2, 0.25) is 10.3 Å². The smallest absolute Gasteiger partial charge is 0.358 e. The Hall–Kier alpha value is -3.24. The molecule has 4 rings (SSSR count). The fourth-order valence-electron chi connectivity index (χ4n) is 2.61. The van der Waals surface area contributed by atoms with E-state index < -0.39 is 11.9 Å². The lowest BCUT2D eigenvalue weighted by molar-refractivity contribution is 0.0516. The summed E-state index contributed by atoms with van der Waals surface area (Å²) in [5.41, 5.74) is 1.91. The second kappa shape index (κ2) is 9.06. The van der Waals surface area contributed by atoms with E-state index in [9.17, 15) is 9.59 Å². The highest BCUT2D eigenvalue weighted by Gasteiger charge is 2.18. The Balaban J connectivity index is 0.000000171. The predicted molar refractivity (Wildman–Crippen MR) is 108 cm³/mol. The molecule has 0 fully saturated rings. The average Bonchev–Trinajstić information content (AvgIpc) is 3.29. The van der Waals surface area contributed by atoms with Crippen LogP contribution in [0.1, 0.15) is 40.5 Å². The molecule has 0 aliphatic carbocycles. The van der Waals surface area contributed by atoms with Crippen molar-refractivity contribution in [3.63, 3.8) is 0 Å². The summed E-state index contributed by atoms with van der Waals surface area (Å²) in [4.78, 5) is 30.6. The Morgan fingerprint density at radius 2 is 1.67 bits per heavy atom. The number of fused-ring (bicyclic) bond motifs is 2. The van der Waals surface area contributed by atoms with Gasteiger partial charge in [0, 0.05) is 0 Å². The predicted octanol–water partition coefficient (Wildman–Crippen LogP) is 3.20. The van der Waals surface area contributed by atoms with Crippen molar-refractivity contribution in [3.8, 4) is 0 Å². The number of nitrogens with zero attached hydrogens (tertiary/aromatic N) is 6. The van der Waals surface area contributed by atoms with Crippen LogP contribution in [0.25, 0.3) is 11.3 Å². The Bertz CT molecular complexity index is 1240. The molecule has 1 N–H and O–H groups in total. The highest BCUT2D eigenvalue weighted by molar-refractivity contribution is 6.29. The molecule has 0 radical (unpaired) electrons. The van der Waals surface area contributed by atoms with Gasteiger partial charge in [-0.15, -0.1) is 0 Å². The maximum atomic E-state index is 11.5. The quantitative estimate of drug-likeness (QED) is 0.469. The summed E-state index contributed by atoms with van der Waals surface area (Å²) in [6, 6.07) is 6.51. The minimum absolute atomic E-state index is 0.0787. The molecular formula is C18H16Cl2N6O4. The molecule has 0 amide bonds. The van der Waals surface area contributed by atoms with Gasteiger partial charge in [-0.05, 0) is 37.6 Å². The molecule has 0 bridgehead atoms. The molecule has 0 atom stereocenters. The van der Waals surface area contributed by atoms with Crippen molar-refractivity contribution in [1.29, 1.82) is 0 Å². The average molecular weight is 451 g/mol. The van der Waals surface area contributed by atoms with Gasteiger partial charge in [0.05, 0.1) is 18.5 Å². The summed E-state index contributed by atoms with van der Waals surface area (Å²) in [5, 5.41) is 17.4. The van der Waals surface area contributed by atoms with Gasteiger partial charge in [0.2, 0.25) is 0 Å². The fourth-order valence-corrected chi connectivity index (χ4v) is 2.89. The van der Waals surface area contributed by atoms with E-state index in [4.69, 9.17) is 33.0 Å². The minimum Gasteiger partial charge on any atom is -0.476 e. The first-order valence-corrected chi connectivity index (χ1v) is 9.56. The third-order valence-corrected chi connectivity index (χ3v) is 4.27. The number of aromatic nitrogens is 6. The Kier molecular flexibility index (Phi) is 6.48. The first-order chi connectivity index (χ1) is 14.3. The first-order valence-electron chi connectivity index (χ1n) is 8.80. The molecule has 12 heteroatoms. The molecule has 30 heavy (non-hydrogen) atoms. The molecular weight excluding hydrogens is 435 g/mol. The summed E-state index contributed by atoms with van der Waals surface area (Å²) < 4.78 is 7.47. The molecule has 0 spiro atoms. The SMILES string of the molecule is CCOC(=O)c1cnc2ccc(Cl)nn12.CCc1nc2ccc(Cl)nn2c1C(=O)O. The Labute approximate surface area is 180 Å². The summed E-state index contributed by atoms with van der Waals surface area (Å²) in [7, 11) is 0. The number of hydrogen-bond donors (Lipinski definition) is 1. The van der Waals surface area contributed by atoms with Gasteiger partial charge in [0.25, 0.3) is 0 Å². The van der Waals surface area contributed by atoms with Crippen molar-refractivity contribution in [2.24, 2.45) is 0 Å². The number of carboxylic acids is 1. The largest absolute Gasteiger partial charge is 0.476 e. The van der Waals surface area contributed by atoms with Gasteiger partial charge in [0.15, 0.2) is 22.7 Å². The zero-order chi connectivity index (χ0) is 21.8. The van der Waals surface area contributed by atoms with Gasteiger partial charge >= 0.3 is 11.9 Å². The second-order valence-corrected chi connectivity index (χ2v) is 6.56. The van der Waals surface area contributed by atoms with E-state index in [1.807, 2.05) is 6.92 Å². The van der Waals surface area contributed by atoms with E-state index in [-0.39, 0.29) is 16.5 Å². The summed E-state index contributed by atoms with van der Waals surface area (Å²) >= 11 is 11.4. The van der Waals surface area contributed by atoms with Crippen LogP contribution >= 0.6 is 23.2 Å². The molecule has 4 aromatic heterocycles. The van der Waals surface area contributed by atoms with E-state index in [0.717, 1.165) is 0 Å². The van der Waals surface area contributed by atoms with Crippen molar-refractivity contribution in [2.45, 2.75) is 20.3 Å². The van der Waals surface area contributed by atoms with Gasteiger partial charge in [-0.3, -0.25) is 0 Å². The number of aromatic carboxylic acids is 1. The maximum Gasteiger partial charge on any atom is 0.358 e. The topological polar surface area (TPSA) is 124 Å². The van der Waals surface area contributed by atoms with E-state index in [1.54, 1.807) is 31.2 Å². The van der Waals surface area contributed by atoms with Crippen LogP contribution in [0, 0.1) is 0 Å². The van der Waals surface area contributed by atoms with Crippen molar-refractivity contribution < 1.29 is 19.4 Å². The third kappa shape index (κ3) is 4.34. The summed E-state index contributed by atoms with van der Waals surface area (Å²) in [6.07, 6.45) is 1.96. The van der Waals surface area contributed by atoms with Gasteiger partial charge in [0.1, 0.15) is 10.3 Å². The lowest BCUT2D eigenvalue weighted by atomic mass is 10.3. The van der Waals surface area contributed by atoms with Crippen molar-refractivity contribution in [1.82, 2.24) is 29.2 Å². The lowest BCUT2D eigenvalue weighted by Gasteiger charge is -2.00. The van der Waals surface area contributed by atoms with Crippen LogP contribution in [0.15, 0.2) is 30.5 Å². The van der Waals surface area contributed by atoms with Crippen LogP contribution in [0.5, 0.6) is 0 Å².